The molecule has 0 aliphatic heterocycles. The molecule has 0 atom stereocenters. The van der Waals surface area contributed by atoms with Gasteiger partial charge in [-0.05, 0) is 22.6 Å². The summed E-state index contributed by atoms with van der Waals surface area (Å²) in [5, 5.41) is 0. The second-order valence-corrected chi connectivity index (χ2v) is 3.76. The summed E-state index contributed by atoms with van der Waals surface area (Å²) in [7, 11) is 1.17. The molecule has 8 heteroatoms. The van der Waals surface area contributed by atoms with Crippen LogP contribution < -0.4 is 9.47 Å². The van der Waals surface area contributed by atoms with Crippen molar-refractivity contribution in [2.24, 2.45) is 0 Å². The highest BCUT2D eigenvalue weighted by Crippen LogP contribution is 2.37. The van der Waals surface area contributed by atoms with Crippen molar-refractivity contribution >= 4 is 22.6 Å². The lowest BCUT2D eigenvalue weighted by Crippen LogP contribution is -2.19. The van der Waals surface area contributed by atoms with Crippen LogP contribution in [0.5, 0.6) is 11.5 Å². The second-order valence-electron chi connectivity index (χ2n) is 2.60. The van der Waals surface area contributed by atoms with E-state index in [0.717, 1.165) is 0 Å². The second kappa shape index (κ2) is 5.02. The van der Waals surface area contributed by atoms with Gasteiger partial charge in [-0.25, -0.2) is 4.39 Å². The number of nitrogens with zero attached hydrogens (tertiary/aromatic N) is 1. The minimum Gasteiger partial charge on any atom is -0.492 e. The molecule has 1 aromatic heterocycles. The van der Waals surface area contributed by atoms with Gasteiger partial charge in [-0.1, -0.05) is 0 Å². The summed E-state index contributed by atoms with van der Waals surface area (Å²) in [6.45, 7) is -1.17. The first-order chi connectivity index (χ1) is 7.39. The molecule has 0 bridgehead atoms. The first-order valence-electron chi connectivity index (χ1n) is 3.92. The normalized spacial score (nSPS) is 11.4. The summed E-state index contributed by atoms with van der Waals surface area (Å²) in [5.74, 6) is -0.912. The molecule has 0 saturated heterocycles. The number of methoxy groups -OCH3 is 1. The average molecular weight is 351 g/mol. The van der Waals surface area contributed by atoms with E-state index in [1.165, 1.54) is 13.3 Å². The number of aromatic nitrogens is 1. The molecule has 0 aromatic carbocycles. The minimum absolute atomic E-state index is 0.180. The SMILES string of the molecule is COc1c(I)cnc(CF)c1OC(F)(F)F. The molecule has 0 aliphatic rings. The number of pyridine rings is 1. The molecular formula is C8H6F4INO2. The van der Waals surface area contributed by atoms with Gasteiger partial charge in [0.25, 0.3) is 0 Å². The number of halogens is 5. The zero-order chi connectivity index (χ0) is 12.3. The third-order valence-electron chi connectivity index (χ3n) is 1.57. The predicted octanol–water partition coefficient (Wildman–Crippen LogP) is 3.06. The van der Waals surface area contributed by atoms with Crippen LogP contribution in [0, 0.1) is 3.57 Å². The molecule has 16 heavy (non-hydrogen) atoms. The summed E-state index contributed by atoms with van der Waals surface area (Å²) in [6, 6.07) is 0. The smallest absolute Gasteiger partial charge is 0.492 e. The van der Waals surface area contributed by atoms with Gasteiger partial charge in [-0.3, -0.25) is 4.98 Å². The number of rotatable bonds is 3. The number of alkyl halides is 4. The van der Waals surface area contributed by atoms with Crippen molar-refractivity contribution in [3.8, 4) is 11.5 Å². The van der Waals surface area contributed by atoms with Gasteiger partial charge in [0.05, 0.1) is 10.7 Å². The van der Waals surface area contributed by atoms with E-state index in [0.29, 0.717) is 3.57 Å². The van der Waals surface area contributed by atoms with Crippen LogP contribution in [0.2, 0.25) is 0 Å². The van der Waals surface area contributed by atoms with Crippen LogP contribution in [-0.4, -0.2) is 18.5 Å². The first-order valence-corrected chi connectivity index (χ1v) is 5.00. The van der Waals surface area contributed by atoms with Crippen molar-refractivity contribution < 1.29 is 27.0 Å². The fourth-order valence-corrected chi connectivity index (χ4v) is 1.60. The first kappa shape index (κ1) is 13.3. The third kappa shape index (κ3) is 3.09. The molecule has 0 spiro atoms. The van der Waals surface area contributed by atoms with E-state index in [1.807, 2.05) is 0 Å². The highest BCUT2D eigenvalue weighted by Gasteiger charge is 2.34. The minimum atomic E-state index is -4.91. The molecule has 90 valence electrons. The van der Waals surface area contributed by atoms with Crippen LogP contribution in [0.1, 0.15) is 5.69 Å². The fraction of sp³-hybridized carbons (Fsp3) is 0.375. The Bertz CT molecular complexity index is 383. The molecule has 0 saturated carbocycles. The maximum Gasteiger partial charge on any atom is 0.573 e. The quantitative estimate of drug-likeness (QED) is 0.620. The fourth-order valence-electron chi connectivity index (χ4n) is 0.998. The number of ether oxygens (including phenoxy) is 2. The maximum absolute atomic E-state index is 12.4. The zero-order valence-corrected chi connectivity index (χ0v) is 10.1. The summed E-state index contributed by atoms with van der Waals surface area (Å²) >= 11 is 1.71. The lowest BCUT2D eigenvalue weighted by molar-refractivity contribution is -0.275. The summed E-state index contributed by atoms with van der Waals surface area (Å²) in [5.41, 5.74) is -0.449. The van der Waals surface area contributed by atoms with Gasteiger partial charge in [-0.15, -0.1) is 13.2 Å². The average Bonchev–Trinajstić information content (AvgIpc) is 2.16. The van der Waals surface area contributed by atoms with Crippen LogP contribution in [0.15, 0.2) is 6.20 Å². The Hall–Kier alpha value is -0.800. The third-order valence-corrected chi connectivity index (χ3v) is 2.34. The van der Waals surface area contributed by atoms with Crippen LogP contribution in [0.3, 0.4) is 0 Å². The highest BCUT2D eigenvalue weighted by molar-refractivity contribution is 14.1. The van der Waals surface area contributed by atoms with Crippen molar-refractivity contribution in [3.05, 3.63) is 15.5 Å². The predicted molar refractivity (Wildman–Crippen MR) is 55.0 cm³/mol. The zero-order valence-electron chi connectivity index (χ0n) is 7.94. The Morgan fingerprint density at radius 2 is 2.00 bits per heavy atom. The Kier molecular flexibility index (Phi) is 4.16. The number of hydrogen-bond acceptors (Lipinski definition) is 3. The van der Waals surface area contributed by atoms with Crippen molar-refractivity contribution in [2.45, 2.75) is 13.0 Å². The van der Waals surface area contributed by atoms with Gasteiger partial charge in [0, 0.05) is 6.20 Å². The molecule has 0 aliphatic carbocycles. The largest absolute Gasteiger partial charge is 0.573 e. The summed E-state index contributed by atoms with van der Waals surface area (Å²) < 4.78 is 57.4. The van der Waals surface area contributed by atoms with E-state index in [2.05, 4.69) is 9.72 Å². The van der Waals surface area contributed by atoms with E-state index in [4.69, 9.17) is 4.74 Å². The van der Waals surface area contributed by atoms with Gasteiger partial charge < -0.3 is 9.47 Å². The standard InChI is InChI=1S/C8H6F4INO2/c1-15-6-4(13)3-14-5(2-9)7(6)16-8(10,11)12/h3H,2H2,1H3. The van der Waals surface area contributed by atoms with Crippen LogP contribution in [0.25, 0.3) is 0 Å². The van der Waals surface area contributed by atoms with Crippen molar-refractivity contribution in [1.29, 1.82) is 0 Å². The van der Waals surface area contributed by atoms with E-state index in [1.54, 1.807) is 22.6 Å². The van der Waals surface area contributed by atoms with Crippen molar-refractivity contribution in [1.82, 2.24) is 4.98 Å². The van der Waals surface area contributed by atoms with Crippen LogP contribution in [0.4, 0.5) is 17.6 Å². The summed E-state index contributed by atoms with van der Waals surface area (Å²) in [6.07, 6.45) is -3.71. The van der Waals surface area contributed by atoms with Crippen LogP contribution in [-0.2, 0) is 6.67 Å². The molecular weight excluding hydrogens is 345 g/mol. The molecule has 0 radical (unpaired) electrons. The van der Waals surface area contributed by atoms with E-state index < -0.39 is 24.5 Å². The van der Waals surface area contributed by atoms with Gasteiger partial charge in [-0.2, -0.15) is 0 Å². The molecule has 0 fully saturated rings. The Balaban J connectivity index is 3.25. The number of hydrogen-bond donors (Lipinski definition) is 0. The monoisotopic (exact) mass is 351 g/mol. The Morgan fingerprint density at radius 1 is 1.38 bits per heavy atom. The van der Waals surface area contributed by atoms with E-state index in [-0.39, 0.29) is 5.75 Å². The molecule has 0 N–H and O–H groups in total. The topological polar surface area (TPSA) is 31.4 Å². The highest BCUT2D eigenvalue weighted by atomic mass is 127. The van der Waals surface area contributed by atoms with Gasteiger partial charge in [0.1, 0.15) is 12.4 Å². The van der Waals surface area contributed by atoms with Crippen molar-refractivity contribution in [3.63, 3.8) is 0 Å². The molecule has 0 unspecified atom stereocenters. The van der Waals surface area contributed by atoms with Crippen LogP contribution >= 0.6 is 22.6 Å². The maximum atomic E-state index is 12.4. The van der Waals surface area contributed by atoms with Gasteiger partial charge in [0.15, 0.2) is 11.5 Å². The molecule has 1 rings (SSSR count). The Labute approximate surface area is 102 Å². The molecule has 0 amide bonds. The lowest BCUT2D eigenvalue weighted by Gasteiger charge is -2.15. The molecule has 3 nitrogen and oxygen atoms in total. The van der Waals surface area contributed by atoms with E-state index >= 15 is 0 Å². The molecule has 1 heterocycles. The molecule has 1 aromatic rings. The Morgan fingerprint density at radius 3 is 2.44 bits per heavy atom. The van der Waals surface area contributed by atoms with Gasteiger partial charge >= 0.3 is 6.36 Å². The van der Waals surface area contributed by atoms with Gasteiger partial charge in [0.2, 0.25) is 0 Å². The van der Waals surface area contributed by atoms with E-state index in [9.17, 15) is 17.6 Å². The van der Waals surface area contributed by atoms with Crippen molar-refractivity contribution in [2.75, 3.05) is 7.11 Å². The lowest BCUT2D eigenvalue weighted by atomic mass is 10.3. The summed E-state index contributed by atoms with van der Waals surface area (Å²) in [4.78, 5) is 3.50.